The summed E-state index contributed by atoms with van der Waals surface area (Å²) in [6.07, 6.45) is 9.85. The van der Waals surface area contributed by atoms with Gasteiger partial charge in [0, 0.05) is 37.8 Å². The van der Waals surface area contributed by atoms with Crippen LogP contribution in [0.4, 0.5) is 4.79 Å². The lowest BCUT2D eigenvalue weighted by Gasteiger charge is -2.48. The number of amides is 1. The minimum Gasteiger partial charge on any atom is -0.446 e. The number of ether oxygens (including phenoxy) is 3. The van der Waals surface area contributed by atoms with Crippen molar-refractivity contribution in [3.8, 4) is 0 Å². The molecule has 7 nitrogen and oxygen atoms in total. The van der Waals surface area contributed by atoms with Gasteiger partial charge in [-0.3, -0.25) is 0 Å². The van der Waals surface area contributed by atoms with Crippen LogP contribution < -0.4 is 0 Å². The van der Waals surface area contributed by atoms with Crippen LogP contribution in [0.5, 0.6) is 0 Å². The van der Waals surface area contributed by atoms with Crippen molar-refractivity contribution in [2.45, 2.75) is 81.9 Å². The monoisotopic (exact) mass is 381 g/mol. The van der Waals surface area contributed by atoms with Crippen LogP contribution in [-0.4, -0.2) is 55.0 Å². The van der Waals surface area contributed by atoms with Crippen molar-refractivity contribution < 1.29 is 28.8 Å². The van der Waals surface area contributed by atoms with Gasteiger partial charge < -0.3 is 19.1 Å². The molecule has 2 bridgehead atoms. The number of carbonyl (C=O) groups is 1. The lowest BCUT2D eigenvalue weighted by atomic mass is 9.67. The van der Waals surface area contributed by atoms with E-state index in [0.29, 0.717) is 44.6 Å². The summed E-state index contributed by atoms with van der Waals surface area (Å²) in [7, 11) is 0. The van der Waals surface area contributed by atoms with Gasteiger partial charge in [0.25, 0.3) is 0 Å². The predicted octanol–water partition coefficient (Wildman–Crippen LogP) is 3.37. The number of hydrogen-bond acceptors (Lipinski definition) is 6. The molecule has 3 aliphatic carbocycles. The molecule has 3 saturated carbocycles. The number of rotatable bonds is 1. The summed E-state index contributed by atoms with van der Waals surface area (Å²) in [5.74, 6) is -0.451. The number of nitrogens with zero attached hydrogens (tertiary/aromatic N) is 1. The standard InChI is InChI=1S/C20H31NO6/c22-18(21-10-12-23-13-11-21)24-17-8-3-9-19(14-17)25-20(27-26-19)15-4-1-5-16(20)7-2-6-15/h15-17H,1-14H2. The second-order valence-corrected chi connectivity index (χ2v) is 8.86. The summed E-state index contributed by atoms with van der Waals surface area (Å²) in [4.78, 5) is 26.1. The molecule has 27 heavy (non-hydrogen) atoms. The third-order valence-electron chi connectivity index (χ3n) is 7.18. The molecule has 7 heteroatoms. The Bertz CT molecular complexity index is 543. The zero-order valence-electron chi connectivity index (χ0n) is 16.0. The molecule has 0 radical (unpaired) electrons. The summed E-state index contributed by atoms with van der Waals surface area (Å²) in [5, 5.41) is 0. The van der Waals surface area contributed by atoms with Gasteiger partial charge in [0.05, 0.1) is 13.2 Å². The van der Waals surface area contributed by atoms with Crippen LogP contribution in [0.15, 0.2) is 0 Å². The SMILES string of the molecule is O=C(OC1CCCC2(C1)OOC1(O2)C2CCCC1CCC2)N1CCOCC1. The molecule has 5 rings (SSSR count). The maximum atomic E-state index is 12.5. The van der Waals surface area contributed by atoms with Gasteiger partial charge in [0.1, 0.15) is 6.10 Å². The molecule has 5 fully saturated rings. The summed E-state index contributed by atoms with van der Waals surface area (Å²) >= 11 is 0. The molecule has 0 aromatic heterocycles. The van der Waals surface area contributed by atoms with Gasteiger partial charge in [-0.05, 0) is 38.5 Å². The van der Waals surface area contributed by atoms with Gasteiger partial charge in [0.15, 0.2) is 0 Å². The van der Waals surface area contributed by atoms with Gasteiger partial charge in [0.2, 0.25) is 11.6 Å². The molecular formula is C20H31NO6. The Kier molecular flexibility index (Phi) is 4.82. The average Bonchev–Trinajstić information content (AvgIpc) is 3.00. The molecule has 5 aliphatic rings. The fourth-order valence-corrected chi connectivity index (χ4v) is 5.80. The van der Waals surface area contributed by atoms with Gasteiger partial charge in [-0.2, -0.15) is 9.78 Å². The molecule has 0 aromatic carbocycles. The lowest BCUT2D eigenvalue weighted by molar-refractivity contribution is -0.382. The maximum Gasteiger partial charge on any atom is 0.410 e. The summed E-state index contributed by atoms with van der Waals surface area (Å²) in [6.45, 7) is 2.35. The predicted molar refractivity (Wildman–Crippen MR) is 94.5 cm³/mol. The van der Waals surface area contributed by atoms with Crippen LogP contribution in [-0.2, 0) is 24.0 Å². The Balaban J connectivity index is 1.25. The number of carbonyl (C=O) groups excluding carboxylic acids is 1. The first-order chi connectivity index (χ1) is 13.2. The Labute approximate surface area is 160 Å². The highest BCUT2D eigenvalue weighted by atomic mass is 17.3. The van der Waals surface area contributed by atoms with E-state index in [2.05, 4.69) is 0 Å². The Hall–Kier alpha value is -0.890. The van der Waals surface area contributed by atoms with Crippen LogP contribution >= 0.6 is 0 Å². The van der Waals surface area contributed by atoms with E-state index in [1.165, 1.54) is 12.8 Å². The first-order valence-corrected chi connectivity index (χ1v) is 10.8. The smallest absolute Gasteiger partial charge is 0.410 e. The molecule has 2 atom stereocenters. The maximum absolute atomic E-state index is 12.5. The van der Waals surface area contributed by atoms with E-state index in [1.807, 2.05) is 0 Å². The van der Waals surface area contributed by atoms with Crippen molar-refractivity contribution in [3.05, 3.63) is 0 Å². The van der Waals surface area contributed by atoms with E-state index in [-0.39, 0.29) is 12.2 Å². The third-order valence-corrected chi connectivity index (χ3v) is 7.18. The molecule has 2 unspecified atom stereocenters. The second kappa shape index (κ2) is 7.17. The molecule has 152 valence electrons. The van der Waals surface area contributed by atoms with Gasteiger partial charge in [-0.1, -0.05) is 12.8 Å². The fourth-order valence-electron chi connectivity index (χ4n) is 5.80. The summed E-state index contributed by atoms with van der Waals surface area (Å²) in [6, 6.07) is 0. The van der Waals surface area contributed by atoms with Crippen molar-refractivity contribution in [2.24, 2.45) is 11.8 Å². The number of morpholine rings is 1. The van der Waals surface area contributed by atoms with E-state index in [0.717, 1.165) is 44.9 Å². The molecule has 0 N–H and O–H groups in total. The number of hydrogen-bond donors (Lipinski definition) is 0. The van der Waals surface area contributed by atoms with E-state index < -0.39 is 11.6 Å². The first kappa shape index (κ1) is 18.2. The van der Waals surface area contributed by atoms with Crippen LogP contribution in [0.3, 0.4) is 0 Å². The topological polar surface area (TPSA) is 66.5 Å². The van der Waals surface area contributed by atoms with E-state index in [4.69, 9.17) is 24.0 Å². The van der Waals surface area contributed by atoms with E-state index in [1.54, 1.807) is 4.90 Å². The summed E-state index contributed by atoms with van der Waals surface area (Å²) < 4.78 is 17.8. The molecule has 1 amide bonds. The third kappa shape index (κ3) is 3.26. The van der Waals surface area contributed by atoms with Crippen molar-refractivity contribution >= 4 is 6.09 Å². The zero-order valence-corrected chi connectivity index (χ0v) is 16.0. The van der Waals surface area contributed by atoms with Crippen LogP contribution in [0.1, 0.15) is 64.2 Å². The van der Waals surface area contributed by atoms with Gasteiger partial charge in [-0.25, -0.2) is 4.79 Å². The Morgan fingerprint density at radius 3 is 2.33 bits per heavy atom. The average molecular weight is 381 g/mol. The summed E-state index contributed by atoms with van der Waals surface area (Å²) in [5.41, 5.74) is 0. The highest BCUT2D eigenvalue weighted by Crippen LogP contribution is 2.57. The van der Waals surface area contributed by atoms with Gasteiger partial charge in [-0.15, -0.1) is 0 Å². The van der Waals surface area contributed by atoms with Crippen molar-refractivity contribution in [3.63, 3.8) is 0 Å². The van der Waals surface area contributed by atoms with Crippen LogP contribution in [0.2, 0.25) is 0 Å². The highest BCUT2D eigenvalue weighted by molar-refractivity contribution is 5.67. The molecule has 2 spiro atoms. The van der Waals surface area contributed by atoms with Crippen LogP contribution in [0, 0.1) is 11.8 Å². The molecule has 0 aromatic rings. The molecular weight excluding hydrogens is 350 g/mol. The van der Waals surface area contributed by atoms with E-state index >= 15 is 0 Å². The highest BCUT2D eigenvalue weighted by Gasteiger charge is 2.63. The largest absolute Gasteiger partial charge is 0.446 e. The van der Waals surface area contributed by atoms with Crippen molar-refractivity contribution in [1.82, 2.24) is 4.90 Å². The molecule has 2 aliphatic heterocycles. The molecule has 2 saturated heterocycles. The normalized spacial score (nSPS) is 44.6. The Morgan fingerprint density at radius 2 is 1.63 bits per heavy atom. The lowest BCUT2D eigenvalue weighted by Crippen LogP contribution is -2.53. The second-order valence-electron chi connectivity index (χ2n) is 8.86. The van der Waals surface area contributed by atoms with Gasteiger partial charge >= 0.3 is 6.09 Å². The fraction of sp³-hybridized carbons (Fsp3) is 0.950. The van der Waals surface area contributed by atoms with Crippen LogP contribution in [0.25, 0.3) is 0 Å². The quantitative estimate of drug-likeness (QED) is 0.649. The Morgan fingerprint density at radius 1 is 0.926 bits per heavy atom. The molecule has 2 heterocycles. The first-order valence-electron chi connectivity index (χ1n) is 10.8. The van der Waals surface area contributed by atoms with Crippen molar-refractivity contribution in [2.75, 3.05) is 26.3 Å². The zero-order chi connectivity index (χ0) is 18.3. The van der Waals surface area contributed by atoms with Crippen molar-refractivity contribution in [1.29, 1.82) is 0 Å². The minimum absolute atomic E-state index is 0.184. The minimum atomic E-state index is -0.751. The van der Waals surface area contributed by atoms with E-state index in [9.17, 15) is 4.79 Å².